The van der Waals surface area contributed by atoms with Crippen LogP contribution in [-0.2, 0) is 16.0 Å². The summed E-state index contributed by atoms with van der Waals surface area (Å²) in [5, 5.41) is 8.60. The molecule has 0 aromatic heterocycles. The molecule has 0 fully saturated rings. The third-order valence-electron chi connectivity index (χ3n) is 3.81. The van der Waals surface area contributed by atoms with Gasteiger partial charge in [0, 0.05) is 18.3 Å². The van der Waals surface area contributed by atoms with Crippen molar-refractivity contribution in [2.45, 2.75) is 13.3 Å². The van der Waals surface area contributed by atoms with E-state index < -0.39 is 0 Å². The SMILES string of the molecule is COc1ccc(CCNCC(=O)Nc2ccc(NC(C)=O)cc2)cc1OC. The molecule has 27 heavy (non-hydrogen) atoms. The maximum atomic E-state index is 12.0. The van der Waals surface area contributed by atoms with E-state index in [0.717, 1.165) is 12.0 Å². The van der Waals surface area contributed by atoms with Crippen LogP contribution in [0.1, 0.15) is 12.5 Å². The highest BCUT2D eigenvalue weighted by Gasteiger charge is 2.06. The quantitative estimate of drug-likeness (QED) is 0.589. The molecule has 0 radical (unpaired) electrons. The second kappa shape index (κ2) is 10.2. The predicted octanol–water partition coefficient (Wildman–Crippen LogP) is 2.43. The minimum Gasteiger partial charge on any atom is -0.493 e. The van der Waals surface area contributed by atoms with Crippen molar-refractivity contribution in [2.75, 3.05) is 37.9 Å². The summed E-state index contributed by atoms with van der Waals surface area (Å²) < 4.78 is 10.5. The summed E-state index contributed by atoms with van der Waals surface area (Å²) in [6, 6.07) is 12.7. The Morgan fingerprint density at radius 3 is 2.11 bits per heavy atom. The summed E-state index contributed by atoms with van der Waals surface area (Å²) in [5.41, 5.74) is 2.46. The number of hydrogen-bond donors (Lipinski definition) is 3. The van der Waals surface area contributed by atoms with E-state index in [1.807, 2.05) is 18.2 Å². The third kappa shape index (κ3) is 6.63. The fourth-order valence-corrected chi connectivity index (χ4v) is 2.52. The Kier molecular flexibility index (Phi) is 7.63. The number of nitrogens with one attached hydrogen (secondary N) is 3. The van der Waals surface area contributed by atoms with Gasteiger partial charge < -0.3 is 25.4 Å². The lowest BCUT2D eigenvalue weighted by Crippen LogP contribution is -2.29. The highest BCUT2D eigenvalue weighted by Crippen LogP contribution is 2.27. The molecule has 2 aromatic rings. The smallest absolute Gasteiger partial charge is 0.238 e. The summed E-state index contributed by atoms with van der Waals surface area (Å²) in [5.74, 6) is 1.12. The molecule has 7 nitrogen and oxygen atoms in total. The summed E-state index contributed by atoms with van der Waals surface area (Å²) in [6.45, 7) is 2.31. The number of rotatable bonds is 9. The van der Waals surface area contributed by atoms with E-state index in [-0.39, 0.29) is 18.4 Å². The molecule has 2 rings (SSSR count). The van der Waals surface area contributed by atoms with E-state index in [0.29, 0.717) is 29.4 Å². The maximum absolute atomic E-state index is 12.0. The van der Waals surface area contributed by atoms with Crippen molar-refractivity contribution >= 4 is 23.2 Å². The van der Waals surface area contributed by atoms with Gasteiger partial charge in [-0.25, -0.2) is 0 Å². The summed E-state index contributed by atoms with van der Waals surface area (Å²) in [7, 11) is 3.21. The Morgan fingerprint density at radius 2 is 1.52 bits per heavy atom. The molecule has 0 bridgehead atoms. The average Bonchev–Trinajstić information content (AvgIpc) is 2.66. The summed E-state index contributed by atoms with van der Waals surface area (Å²) in [4.78, 5) is 23.0. The van der Waals surface area contributed by atoms with Gasteiger partial charge in [-0.05, 0) is 54.9 Å². The normalized spacial score (nSPS) is 10.2. The molecule has 0 aliphatic carbocycles. The van der Waals surface area contributed by atoms with Crippen molar-refractivity contribution in [1.29, 1.82) is 0 Å². The number of hydrogen-bond acceptors (Lipinski definition) is 5. The van der Waals surface area contributed by atoms with Crippen LogP contribution in [-0.4, -0.2) is 39.1 Å². The molecule has 0 aliphatic heterocycles. The van der Waals surface area contributed by atoms with Gasteiger partial charge in [-0.1, -0.05) is 6.07 Å². The molecule has 0 saturated heterocycles. The summed E-state index contributed by atoms with van der Waals surface area (Å²) in [6.07, 6.45) is 0.763. The lowest BCUT2D eigenvalue weighted by molar-refractivity contribution is -0.115. The average molecular weight is 371 g/mol. The van der Waals surface area contributed by atoms with Crippen LogP contribution < -0.4 is 25.4 Å². The Hall–Kier alpha value is -3.06. The van der Waals surface area contributed by atoms with E-state index in [4.69, 9.17) is 9.47 Å². The van der Waals surface area contributed by atoms with Gasteiger partial charge in [0.05, 0.1) is 20.8 Å². The monoisotopic (exact) mass is 371 g/mol. The van der Waals surface area contributed by atoms with Crippen molar-refractivity contribution in [3.8, 4) is 11.5 Å². The van der Waals surface area contributed by atoms with Gasteiger partial charge >= 0.3 is 0 Å². The van der Waals surface area contributed by atoms with Crippen molar-refractivity contribution in [3.05, 3.63) is 48.0 Å². The van der Waals surface area contributed by atoms with Gasteiger partial charge in [0.25, 0.3) is 0 Å². The molecule has 0 unspecified atom stereocenters. The largest absolute Gasteiger partial charge is 0.493 e. The van der Waals surface area contributed by atoms with E-state index in [1.165, 1.54) is 6.92 Å². The highest BCUT2D eigenvalue weighted by molar-refractivity contribution is 5.93. The zero-order chi connectivity index (χ0) is 19.6. The lowest BCUT2D eigenvalue weighted by atomic mass is 10.1. The Balaban J connectivity index is 1.74. The fourth-order valence-electron chi connectivity index (χ4n) is 2.52. The molecule has 0 heterocycles. The Morgan fingerprint density at radius 1 is 0.889 bits per heavy atom. The van der Waals surface area contributed by atoms with Crippen LogP contribution in [0.3, 0.4) is 0 Å². The number of carbonyl (C=O) groups is 2. The molecule has 144 valence electrons. The minimum absolute atomic E-state index is 0.130. The maximum Gasteiger partial charge on any atom is 0.238 e. The number of methoxy groups -OCH3 is 2. The molecule has 3 N–H and O–H groups in total. The lowest BCUT2D eigenvalue weighted by Gasteiger charge is -2.10. The first kappa shape index (κ1) is 20.3. The third-order valence-corrected chi connectivity index (χ3v) is 3.81. The first-order valence-corrected chi connectivity index (χ1v) is 8.61. The molecule has 0 atom stereocenters. The van der Waals surface area contributed by atoms with Crippen LogP contribution in [0, 0.1) is 0 Å². The fraction of sp³-hybridized carbons (Fsp3) is 0.300. The Labute approximate surface area is 159 Å². The standard InChI is InChI=1S/C20H25N3O4/c1-14(24)22-16-5-7-17(8-6-16)23-20(25)13-21-11-10-15-4-9-18(26-2)19(12-15)27-3/h4-9,12,21H,10-11,13H2,1-3H3,(H,22,24)(H,23,25). The van der Waals surface area contributed by atoms with E-state index in [1.54, 1.807) is 38.5 Å². The van der Waals surface area contributed by atoms with Crippen LogP contribution in [0.15, 0.2) is 42.5 Å². The Bertz CT molecular complexity index is 775. The second-order valence-electron chi connectivity index (χ2n) is 5.92. The number of benzene rings is 2. The first-order valence-electron chi connectivity index (χ1n) is 8.61. The first-order chi connectivity index (χ1) is 13.0. The van der Waals surface area contributed by atoms with Gasteiger partial charge in [0.1, 0.15) is 0 Å². The molecule has 2 aromatic carbocycles. The number of carbonyl (C=O) groups excluding carboxylic acids is 2. The van der Waals surface area contributed by atoms with Crippen molar-refractivity contribution in [1.82, 2.24) is 5.32 Å². The van der Waals surface area contributed by atoms with E-state index in [2.05, 4.69) is 16.0 Å². The molecular weight excluding hydrogens is 346 g/mol. The molecule has 2 amide bonds. The number of ether oxygens (including phenoxy) is 2. The van der Waals surface area contributed by atoms with Gasteiger partial charge in [0.2, 0.25) is 11.8 Å². The van der Waals surface area contributed by atoms with Crippen molar-refractivity contribution in [3.63, 3.8) is 0 Å². The molecule has 0 saturated carbocycles. The summed E-state index contributed by atoms with van der Waals surface area (Å²) >= 11 is 0. The molecule has 7 heteroatoms. The van der Waals surface area contributed by atoms with Gasteiger partial charge in [0.15, 0.2) is 11.5 Å². The van der Waals surface area contributed by atoms with Crippen LogP contribution in [0.5, 0.6) is 11.5 Å². The van der Waals surface area contributed by atoms with Crippen LogP contribution in [0.25, 0.3) is 0 Å². The van der Waals surface area contributed by atoms with Gasteiger partial charge in [-0.3, -0.25) is 9.59 Å². The van der Waals surface area contributed by atoms with E-state index >= 15 is 0 Å². The second-order valence-corrected chi connectivity index (χ2v) is 5.92. The van der Waals surface area contributed by atoms with Crippen LogP contribution in [0.4, 0.5) is 11.4 Å². The molecule has 0 spiro atoms. The van der Waals surface area contributed by atoms with Crippen molar-refractivity contribution < 1.29 is 19.1 Å². The molecule has 0 aliphatic rings. The van der Waals surface area contributed by atoms with E-state index in [9.17, 15) is 9.59 Å². The van der Waals surface area contributed by atoms with Gasteiger partial charge in [-0.2, -0.15) is 0 Å². The minimum atomic E-state index is -0.134. The zero-order valence-electron chi connectivity index (χ0n) is 15.8. The van der Waals surface area contributed by atoms with Crippen LogP contribution >= 0.6 is 0 Å². The number of amides is 2. The van der Waals surface area contributed by atoms with Crippen molar-refractivity contribution in [2.24, 2.45) is 0 Å². The topological polar surface area (TPSA) is 88.7 Å². The number of anilines is 2. The zero-order valence-corrected chi connectivity index (χ0v) is 15.8. The molecular formula is C20H25N3O4. The van der Waals surface area contributed by atoms with Gasteiger partial charge in [-0.15, -0.1) is 0 Å². The van der Waals surface area contributed by atoms with Crippen LogP contribution in [0.2, 0.25) is 0 Å². The highest BCUT2D eigenvalue weighted by atomic mass is 16.5. The predicted molar refractivity (Wildman–Crippen MR) is 105 cm³/mol.